The van der Waals surface area contributed by atoms with Crippen molar-refractivity contribution in [3.63, 3.8) is 0 Å². The normalized spacial score (nSPS) is 29.2. The van der Waals surface area contributed by atoms with Crippen molar-refractivity contribution in [1.82, 2.24) is 9.80 Å². The van der Waals surface area contributed by atoms with E-state index in [1.165, 1.54) is 0 Å². The minimum absolute atomic E-state index is 0.124. The molecule has 4 rings (SSSR count). The van der Waals surface area contributed by atoms with Crippen molar-refractivity contribution in [1.29, 1.82) is 0 Å². The lowest BCUT2D eigenvalue weighted by atomic mass is 9.64. The molecule has 0 saturated carbocycles. The third kappa shape index (κ3) is 4.22. The van der Waals surface area contributed by atoms with Gasteiger partial charge in [0.15, 0.2) is 0 Å². The van der Waals surface area contributed by atoms with Gasteiger partial charge in [0.05, 0.1) is 24.5 Å². The Morgan fingerprint density at radius 3 is 2.45 bits per heavy atom. The molecular weight excluding hydrogens is 486 g/mol. The van der Waals surface area contributed by atoms with Gasteiger partial charge in [0, 0.05) is 39.0 Å². The third-order valence-corrected chi connectivity index (χ3v) is 8.48. The number of carbonyl (C=O) groups is 3. The molecule has 2 bridgehead atoms. The van der Waals surface area contributed by atoms with Crippen molar-refractivity contribution in [2.45, 2.75) is 49.9 Å². The molecule has 0 radical (unpaired) electrons. The number of likely N-dealkylation sites (N-methyl/N-ethyl adjacent to an activating group) is 1. The van der Waals surface area contributed by atoms with Gasteiger partial charge in [-0.05, 0) is 49.9 Å². The number of methoxy groups -OCH3 is 1. The molecule has 3 aliphatic heterocycles. The number of hydrogen-bond acceptors (Lipinski definition) is 6. The van der Waals surface area contributed by atoms with Crippen molar-refractivity contribution in [3.8, 4) is 5.75 Å². The first-order chi connectivity index (χ1) is 18.2. The number of nitrogens with zero attached hydrogens (tertiary/aromatic N) is 3. The second kappa shape index (κ2) is 10.9. The Balaban J connectivity index is 1.80. The molecule has 3 aliphatic rings. The predicted octanol–water partition coefficient (Wildman–Crippen LogP) is 2.40. The van der Waals surface area contributed by atoms with Crippen LogP contribution in [0.4, 0.5) is 5.69 Å². The summed E-state index contributed by atoms with van der Waals surface area (Å²) in [5.74, 6) is -1.52. The summed E-state index contributed by atoms with van der Waals surface area (Å²) < 4.78 is 12.1. The summed E-state index contributed by atoms with van der Waals surface area (Å²) >= 11 is 0. The summed E-state index contributed by atoms with van der Waals surface area (Å²) in [6, 6.07) is 6.21. The molecule has 0 aliphatic carbocycles. The molecule has 0 aromatic heterocycles. The number of ether oxygens (including phenoxy) is 2. The first-order valence-electron chi connectivity index (χ1n) is 13.3. The zero-order valence-electron chi connectivity index (χ0n) is 22.6. The SMILES string of the molecule is C=CCN(C)C(=O)[C@@H]1[C@H]2C(=O)N(CCCO)C(C(=O)N(CC=C)c3ccc(OC)cc3)C23CC[C@@]1(CC)O3. The molecule has 2 unspecified atom stereocenters. The molecule has 1 spiro atoms. The highest BCUT2D eigenvalue weighted by molar-refractivity contribution is 6.05. The van der Waals surface area contributed by atoms with Gasteiger partial charge in [-0.2, -0.15) is 0 Å². The Hall–Kier alpha value is -3.17. The molecule has 1 aromatic rings. The molecule has 5 atom stereocenters. The number of benzene rings is 1. The van der Waals surface area contributed by atoms with Crippen molar-refractivity contribution < 1.29 is 29.0 Å². The van der Waals surface area contributed by atoms with Crippen LogP contribution in [0.2, 0.25) is 0 Å². The van der Waals surface area contributed by atoms with E-state index in [1.807, 2.05) is 6.92 Å². The lowest BCUT2D eigenvalue weighted by Gasteiger charge is -2.37. The minimum Gasteiger partial charge on any atom is -0.497 e. The van der Waals surface area contributed by atoms with Crippen LogP contribution in [0.15, 0.2) is 49.6 Å². The highest BCUT2D eigenvalue weighted by atomic mass is 16.5. The molecule has 9 nitrogen and oxygen atoms in total. The fourth-order valence-corrected chi connectivity index (χ4v) is 6.74. The molecule has 38 heavy (non-hydrogen) atoms. The van der Waals surface area contributed by atoms with Gasteiger partial charge in [-0.1, -0.05) is 19.1 Å². The number of hydrogen-bond donors (Lipinski definition) is 1. The van der Waals surface area contributed by atoms with Gasteiger partial charge < -0.3 is 29.3 Å². The van der Waals surface area contributed by atoms with Crippen molar-refractivity contribution in [3.05, 3.63) is 49.6 Å². The molecular formula is C29H39N3O6. The van der Waals surface area contributed by atoms with Crippen LogP contribution in [-0.2, 0) is 19.1 Å². The molecule has 206 valence electrons. The highest BCUT2D eigenvalue weighted by Gasteiger charge is 2.78. The largest absolute Gasteiger partial charge is 0.497 e. The van der Waals surface area contributed by atoms with E-state index in [0.29, 0.717) is 43.7 Å². The molecule has 3 saturated heterocycles. The quantitative estimate of drug-likeness (QED) is 0.421. The van der Waals surface area contributed by atoms with Crippen LogP contribution in [0.5, 0.6) is 5.75 Å². The first-order valence-corrected chi connectivity index (χ1v) is 13.3. The number of anilines is 1. The van der Waals surface area contributed by atoms with E-state index >= 15 is 0 Å². The molecule has 9 heteroatoms. The maximum atomic E-state index is 14.4. The number of aliphatic hydroxyl groups excluding tert-OH is 1. The van der Waals surface area contributed by atoms with Gasteiger partial charge in [0.2, 0.25) is 11.8 Å². The number of aliphatic hydroxyl groups is 1. The standard InChI is InChI=1S/C29H39N3O6/c1-6-16-30(4)25(34)22-23-26(35)32(18-9-19-33)24(29(23)15-14-28(22,8-3)38-29)27(36)31(17-7-2)20-10-12-21(37-5)13-11-20/h6-7,10-13,22-24,33H,1-2,8-9,14-19H2,3-5H3/t22-,23-,24?,28+,29?/m0/s1. The maximum absolute atomic E-state index is 14.4. The maximum Gasteiger partial charge on any atom is 0.253 e. The Morgan fingerprint density at radius 2 is 1.87 bits per heavy atom. The lowest BCUT2D eigenvalue weighted by molar-refractivity contribution is -0.150. The number of fused-ring (bicyclic) bond motifs is 1. The summed E-state index contributed by atoms with van der Waals surface area (Å²) in [5, 5.41) is 9.58. The van der Waals surface area contributed by atoms with E-state index in [4.69, 9.17) is 9.47 Å². The van der Waals surface area contributed by atoms with Gasteiger partial charge in [-0.25, -0.2) is 0 Å². The van der Waals surface area contributed by atoms with Crippen molar-refractivity contribution in [2.75, 3.05) is 45.3 Å². The Kier molecular flexibility index (Phi) is 7.99. The average molecular weight is 526 g/mol. The van der Waals surface area contributed by atoms with Gasteiger partial charge in [0.25, 0.3) is 5.91 Å². The smallest absolute Gasteiger partial charge is 0.253 e. The average Bonchev–Trinajstić information content (AvgIpc) is 3.53. The molecule has 1 aromatic carbocycles. The van der Waals surface area contributed by atoms with E-state index < -0.39 is 29.1 Å². The summed E-state index contributed by atoms with van der Waals surface area (Å²) in [6.45, 7) is 10.2. The van der Waals surface area contributed by atoms with E-state index in [-0.39, 0.29) is 37.4 Å². The molecule has 1 N–H and O–H groups in total. The second-order valence-electron chi connectivity index (χ2n) is 10.4. The third-order valence-electron chi connectivity index (χ3n) is 8.48. The van der Waals surface area contributed by atoms with Crippen LogP contribution in [0.3, 0.4) is 0 Å². The van der Waals surface area contributed by atoms with Crippen LogP contribution in [0.25, 0.3) is 0 Å². The summed E-state index contributed by atoms with van der Waals surface area (Å²) in [7, 11) is 3.28. The van der Waals surface area contributed by atoms with Gasteiger partial charge in [-0.3, -0.25) is 14.4 Å². The van der Waals surface area contributed by atoms with Gasteiger partial charge in [-0.15, -0.1) is 13.2 Å². The van der Waals surface area contributed by atoms with Crippen LogP contribution in [0.1, 0.15) is 32.6 Å². The van der Waals surface area contributed by atoms with Crippen molar-refractivity contribution in [2.24, 2.45) is 11.8 Å². The number of amides is 3. The molecule has 3 amide bonds. The fourth-order valence-electron chi connectivity index (χ4n) is 6.74. The summed E-state index contributed by atoms with van der Waals surface area (Å²) in [5.41, 5.74) is -1.29. The predicted molar refractivity (Wildman–Crippen MR) is 144 cm³/mol. The van der Waals surface area contributed by atoms with E-state index in [0.717, 1.165) is 0 Å². The molecule has 3 heterocycles. The van der Waals surface area contributed by atoms with E-state index in [9.17, 15) is 19.5 Å². The van der Waals surface area contributed by atoms with Gasteiger partial charge >= 0.3 is 0 Å². The Morgan fingerprint density at radius 1 is 1.18 bits per heavy atom. The topological polar surface area (TPSA) is 99.6 Å². The number of likely N-dealkylation sites (tertiary alicyclic amines) is 1. The zero-order valence-corrected chi connectivity index (χ0v) is 22.6. The number of carbonyl (C=O) groups excluding carboxylic acids is 3. The van der Waals surface area contributed by atoms with Crippen LogP contribution < -0.4 is 9.64 Å². The van der Waals surface area contributed by atoms with Crippen LogP contribution in [-0.4, -0.2) is 90.3 Å². The first kappa shape index (κ1) is 27.9. The van der Waals surface area contributed by atoms with E-state index in [2.05, 4.69) is 13.2 Å². The van der Waals surface area contributed by atoms with Crippen molar-refractivity contribution >= 4 is 23.4 Å². The summed E-state index contributed by atoms with van der Waals surface area (Å²) in [4.78, 5) is 47.0. The lowest BCUT2D eigenvalue weighted by Crippen LogP contribution is -2.56. The highest BCUT2D eigenvalue weighted by Crippen LogP contribution is 2.64. The van der Waals surface area contributed by atoms with Crippen LogP contribution in [0, 0.1) is 11.8 Å². The van der Waals surface area contributed by atoms with Gasteiger partial charge in [0.1, 0.15) is 17.4 Å². The van der Waals surface area contributed by atoms with Crippen LogP contribution >= 0.6 is 0 Å². The minimum atomic E-state index is -1.12. The monoisotopic (exact) mass is 525 g/mol. The second-order valence-corrected chi connectivity index (χ2v) is 10.4. The summed E-state index contributed by atoms with van der Waals surface area (Å²) in [6.07, 6.45) is 5.26. The number of rotatable bonds is 12. The zero-order chi connectivity index (χ0) is 27.7. The Labute approximate surface area is 224 Å². The molecule has 3 fully saturated rings. The van der Waals surface area contributed by atoms with E-state index in [1.54, 1.807) is 65.3 Å². The fraction of sp³-hybridized carbons (Fsp3) is 0.552. The Bertz CT molecular complexity index is 1090.